The van der Waals surface area contributed by atoms with E-state index in [4.69, 9.17) is 0 Å². The second-order valence-electron chi connectivity index (χ2n) is 10.4. The number of fused-ring (bicyclic) bond motifs is 1. The van der Waals surface area contributed by atoms with Crippen LogP contribution in [0.3, 0.4) is 0 Å². The van der Waals surface area contributed by atoms with E-state index < -0.39 is 23.9 Å². The second-order valence-corrected chi connectivity index (χ2v) is 10.4. The molecule has 11 heteroatoms. The maximum atomic E-state index is 13.0. The topological polar surface area (TPSA) is 94.7 Å². The summed E-state index contributed by atoms with van der Waals surface area (Å²) in [6.45, 7) is 3.09. The van der Waals surface area contributed by atoms with E-state index in [9.17, 15) is 28.2 Å². The monoisotopic (exact) mass is 531 g/mol. The lowest BCUT2D eigenvalue weighted by molar-refractivity contribution is -0.137. The van der Waals surface area contributed by atoms with Crippen LogP contribution in [0.4, 0.5) is 19.0 Å². The zero-order valence-electron chi connectivity index (χ0n) is 21.2. The van der Waals surface area contributed by atoms with Crippen LogP contribution in [0.5, 0.6) is 0 Å². The van der Waals surface area contributed by atoms with E-state index >= 15 is 0 Å². The van der Waals surface area contributed by atoms with Crippen molar-refractivity contribution in [2.75, 3.05) is 24.6 Å². The third-order valence-corrected chi connectivity index (χ3v) is 7.70. The highest BCUT2D eigenvalue weighted by atomic mass is 19.4. The molecule has 8 nitrogen and oxygen atoms in total. The molecule has 3 heterocycles. The minimum absolute atomic E-state index is 0.0433. The van der Waals surface area contributed by atoms with E-state index in [2.05, 4.69) is 14.9 Å². The van der Waals surface area contributed by atoms with Gasteiger partial charge in [0.1, 0.15) is 23.6 Å². The number of rotatable bonds is 9. The summed E-state index contributed by atoms with van der Waals surface area (Å²) in [6.07, 6.45) is 1.07. The Balaban J connectivity index is 1.33. The highest BCUT2D eigenvalue weighted by Crippen LogP contribution is 2.36. The lowest BCUT2D eigenvalue weighted by atomic mass is 9.92. The van der Waals surface area contributed by atoms with E-state index in [1.165, 1.54) is 25.4 Å². The van der Waals surface area contributed by atoms with Gasteiger partial charge in [-0.2, -0.15) is 13.2 Å². The largest absolute Gasteiger partial charge is 0.416 e. The first-order valence-corrected chi connectivity index (χ1v) is 12.9. The van der Waals surface area contributed by atoms with Crippen LogP contribution in [-0.2, 0) is 24.1 Å². The van der Waals surface area contributed by atoms with Crippen LogP contribution in [0.1, 0.15) is 37.3 Å². The fourth-order valence-corrected chi connectivity index (χ4v) is 5.38. The van der Waals surface area contributed by atoms with E-state index in [1.807, 2.05) is 21.7 Å². The van der Waals surface area contributed by atoms with Crippen LogP contribution in [0, 0.1) is 5.92 Å². The Morgan fingerprint density at radius 3 is 2.50 bits per heavy atom. The van der Waals surface area contributed by atoms with Gasteiger partial charge in [0.15, 0.2) is 0 Å². The van der Waals surface area contributed by atoms with Gasteiger partial charge >= 0.3 is 6.18 Å². The number of aromatic nitrogens is 3. The number of carbonyl (C=O) groups excluding carboxylic acids is 1. The quantitative estimate of drug-likeness (QED) is 0.438. The summed E-state index contributed by atoms with van der Waals surface area (Å²) < 4.78 is 41.0. The first-order valence-electron chi connectivity index (χ1n) is 12.9. The van der Waals surface area contributed by atoms with Gasteiger partial charge in [0.25, 0.3) is 0 Å². The van der Waals surface area contributed by atoms with Crippen LogP contribution in [-0.4, -0.2) is 73.3 Å². The molecule has 1 saturated carbocycles. The molecule has 1 aromatic carbocycles. The SMILES string of the molecule is CC(=O)C(CO)N1CCC(Cn2ccc3c(N(Cc4ccc(C(F)(F)F)cc4)C4CC4)ncnc32)[C@@H](O)C1. The average molecular weight is 532 g/mol. The van der Waals surface area contributed by atoms with Crippen molar-refractivity contribution in [2.45, 2.75) is 63.6 Å². The number of hydrogen-bond acceptors (Lipinski definition) is 7. The number of anilines is 1. The molecule has 204 valence electrons. The number of halogens is 3. The summed E-state index contributed by atoms with van der Waals surface area (Å²) in [4.78, 5) is 24.9. The molecule has 0 bridgehead atoms. The highest BCUT2D eigenvalue weighted by molar-refractivity contribution is 5.88. The van der Waals surface area contributed by atoms with Crippen molar-refractivity contribution >= 4 is 22.6 Å². The van der Waals surface area contributed by atoms with Gasteiger partial charge in [0, 0.05) is 37.8 Å². The molecule has 2 aliphatic rings. The fraction of sp³-hybridized carbons (Fsp3) is 0.519. The van der Waals surface area contributed by atoms with E-state index in [0.717, 1.165) is 47.4 Å². The number of carbonyl (C=O) groups is 1. The molecule has 2 N–H and O–H groups in total. The summed E-state index contributed by atoms with van der Waals surface area (Å²) in [7, 11) is 0. The Labute approximate surface area is 218 Å². The highest BCUT2D eigenvalue weighted by Gasteiger charge is 2.35. The Morgan fingerprint density at radius 1 is 1.16 bits per heavy atom. The minimum Gasteiger partial charge on any atom is -0.394 e. The van der Waals surface area contributed by atoms with Crippen molar-refractivity contribution < 1.29 is 28.2 Å². The minimum atomic E-state index is -4.37. The van der Waals surface area contributed by atoms with Crippen LogP contribution < -0.4 is 4.90 Å². The number of piperidine rings is 1. The van der Waals surface area contributed by atoms with Gasteiger partial charge < -0.3 is 19.7 Å². The summed E-state index contributed by atoms with van der Waals surface area (Å²) in [5.41, 5.74) is 0.847. The third-order valence-electron chi connectivity index (χ3n) is 7.70. The summed E-state index contributed by atoms with van der Waals surface area (Å²) in [6, 6.07) is 6.89. The molecule has 0 amide bonds. The van der Waals surface area contributed by atoms with Crippen molar-refractivity contribution in [2.24, 2.45) is 5.92 Å². The van der Waals surface area contributed by atoms with Crippen molar-refractivity contribution in [3.8, 4) is 0 Å². The molecule has 5 rings (SSSR count). The molecule has 1 aliphatic heterocycles. The van der Waals surface area contributed by atoms with Gasteiger partial charge in [-0.3, -0.25) is 9.69 Å². The zero-order valence-corrected chi connectivity index (χ0v) is 21.2. The van der Waals surface area contributed by atoms with Crippen molar-refractivity contribution in [1.29, 1.82) is 0 Å². The number of ketones is 1. The number of nitrogens with zero attached hydrogens (tertiary/aromatic N) is 5. The number of β-amino-alcohol motifs (C(OH)–C–C–N with tert-alkyl or cyclic N) is 1. The number of aliphatic hydroxyl groups excluding tert-OH is 2. The van der Waals surface area contributed by atoms with Crippen LogP contribution in [0.15, 0.2) is 42.9 Å². The van der Waals surface area contributed by atoms with Crippen LogP contribution in [0.25, 0.3) is 11.0 Å². The Kier molecular flexibility index (Phi) is 7.43. The van der Waals surface area contributed by atoms with Crippen molar-refractivity contribution in [1.82, 2.24) is 19.4 Å². The van der Waals surface area contributed by atoms with E-state index in [-0.39, 0.29) is 24.3 Å². The van der Waals surface area contributed by atoms with Crippen LogP contribution >= 0.6 is 0 Å². The number of alkyl halides is 3. The fourth-order valence-electron chi connectivity index (χ4n) is 5.38. The molecule has 2 fully saturated rings. The van der Waals surface area contributed by atoms with Gasteiger partial charge in [0.05, 0.1) is 29.7 Å². The Morgan fingerprint density at radius 2 is 1.89 bits per heavy atom. The Hall–Kier alpha value is -3.02. The molecule has 2 unspecified atom stereocenters. The maximum absolute atomic E-state index is 13.0. The first kappa shape index (κ1) is 26.6. The molecule has 38 heavy (non-hydrogen) atoms. The van der Waals surface area contributed by atoms with Gasteiger partial charge in [-0.1, -0.05) is 12.1 Å². The third kappa shape index (κ3) is 5.55. The normalized spacial score (nSPS) is 21.5. The second kappa shape index (κ2) is 10.6. The van der Waals surface area contributed by atoms with Gasteiger partial charge in [-0.15, -0.1) is 0 Å². The number of aliphatic hydroxyl groups is 2. The number of benzene rings is 1. The summed E-state index contributed by atoms with van der Waals surface area (Å²) in [5, 5.41) is 21.3. The number of likely N-dealkylation sites (tertiary alicyclic amines) is 1. The maximum Gasteiger partial charge on any atom is 0.416 e. The number of Topliss-reactive ketones (excluding diaryl/α,β-unsaturated/α-hetero) is 1. The first-order chi connectivity index (χ1) is 18.2. The van der Waals surface area contributed by atoms with Gasteiger partial charge in [-0.05, 0) is 56.5 Å². The molecule has 1 aliphatic carbocycles. The van der Waals surface area contributed by atoms with Gasteiger partial charge in [0.2, 0.25) is 0 Å². The van der Waals surface area contributed by atoms with Crippen molar-refractivity contribution in [3.63, 3.8) is 0 Å². The molecule has 2 aromatic heterocycles. The predicted molar refractivity (Wildman–Crippen MR) is 135 cm³/mol. The average Bonchev–Trinajstić information content (AvgIpc) is 3.64. The molecule has 1 saturated heterocycles. The summed E-state index contributed by atoms with van der Waals surface area (Å²) >= 11 is 0. The zero-order chi connectivity index (χ0) is 27.0. The predicted octanol–water partition coefficient (Wildman–Crippen LogP) is 3.25. The Bertz CT molecular complexity index is 1280. The molecular formula is C27H32F3N5O3. The molecule has 3 aromatic rings. The molecule has 0 spiro atoms. The number of hydrogen-bond donors (Lipinski definition) is 2. The smallest absolute Gasteiger partial charge is 0.394 e. The molecule has 3 atom stereocenters. The molecular weight excluding hydrogens is 499 g/mol. The standard InChI is InChI=1S/C27H32F3N5O3/c1-17(37)23(15-36)33-10-8-19(24(38)14-33)13-34-11-9-22-25(34)31-16-32-26(22)35(21-6-7-21)12-18-2-4-20(5-3-18)27(28,29)30/h2-5,9,11,16,19,21,23-24,36,38H,6-8,10,12-15H2,1H3/t19?,23?,24-/m0/s1. The lowest BCUT2D eigenvalue weighted by Crippen LogP contribution is -2.52. The van der Waals surface area contributed by atoms with Gasteiger partial charge in [-0.25, -0.2) is 9.97 Å². The van der Waals surface area contributed by atoms with Crippen molar-refractivity contribution in [3.05, 3.63) is 54.0 Å². The van der Waals surface area contributed by atoms with E-state index in [1.54, 1.807) is 0 Å². The summed E-state index contributed by atoms with van der Waals surface area (Å²) in [5.74, 6) is 0.590. The molecule has 0 radical (unpaired) electrons. The lowest BCUT2D eigenvalue weighted by Gasteiger charge is -2.39. The van der Waals surface area contributed by atoms with Crippen LogP contribution in [0.2, 0.25) is 0 Å². The van der Waals surface area contributed by atoms with E-state index in [0.29, 0.717) is 32.6 Å².